The minimum Gasteiger partial charge on any atom is -0.342 e. The second-order valence-corrected chi connectivity index (χ2v) is 8.29. The van der Waals surface area contributed by atoms with Crippen molar-refractivity contribution in [2.45, 2.75) is 70.4 Å². The van der Waals surface area contributed by atoms with Crippen LogP contribution in [0.1, 0.15) is 57.8 Å². The number of nitrogens with zero attached hydrogens (tertiary/aromatic N) is 4. The number of hydrogen-bond acceptors (Lipinski definition) is 3. The predicted octanol–water partition coefficient (Wildman–Crippen LogP) is 2.45. The summed E-state index contributed by atoms with van der Waals surface area (Å²) >= 11 is 0. The van der Waals surface area contributed by atoms with Gasteiger partial charge in [0.15, 0.2) is 0 Å². The summed E-state index contributed by atoms with van der Waals surface area (Å²) in [4.78, 5) is 34.0. The van der Waals surface area contributed by atoms with Crippen LogP contribution >= 0.6 is 0 Å². The summed E-state index contributed by atoms with van der Waals surface area (Å²) < 4.78 is 2.00. The van der Waals surface area contributed by atoms with Crippen LogP contribution in [0.25, 0.3) is 0 Å². The molecule has 6 heteroatoms. The molecule has 1 aliphatic carbocycles. The van der Waals surface area contributed by atoms with Gasteiger partial charge in [-0.15, -0.1) is 0 Å². The molecular formula is C20H30N4O2. The van der Waals surface area contributed by atoms with E-state index in [1.54, 1.807) is 12.5 Å². The molecule has 142 valence electrons. The molecule has 3 aliphatic rings. The third kappa shape index (κ3) is 3.38. The maximum absolute atomic E-state index is 13.3. The zero-order valence-corrected chi connectivity index (χ0v) is 15.6. The van der Waals surface area contributed by atoms with Crippen molar-refractivity contribution in [1.82, 2.24) is 19.4 Å². The van der Waals surface area contributed by atoms with Crippen LogP contribution in [0.15, 0.2) is 18.7 Å². The Kier molecular flexibility index (Phi) is 5.00. The van der Waals surface area contributed by atoms with Crippen LogP contribution < -0.4 is 0 Å². The zero-order chi connectivity index (χ0) is 18.0. The summed E-state index contributed by atoms with van der Waals surface area (Å²) in [6.45, 7) is 3.12. The standard InChI is InChI=1S/C20H30N4O2/c25-18(7-3-11-22-14-10-21-16-22)23-13-9-20(15-23)8-4-12-24(19(20)26)17-5-1-2-6-17/h10,14,16-17H,1-9,11-13,15H2. The lowest BCUT2D eigenvalue weighted by molar-refractivity contribution is -0.148. The molecule has 1 saturated carbocycles. The molecule has 0 bridgehead atoms. The fourth-order valence-corrected chi connectivity index (χ4v) is 5.12. The monoisotopic (exact) mass is 358 g/mol. The molecule has 4 rings (SSSR count). The number of imidazole rings is 1. The number of piperidine rings is 1. The molecule has 0 aromatic carbocycles. The smallest absolute Gasteiger partial charge is 0.230 e. The molecule has 0 N–H and O–H groups in total. The maximum Gasteiger partial charge on any atom is 0.230 e. The van der Waals surface area contributed by atoms with Gasteiger partial charge in [0, 0.05) is 51.0 Å². The highest BCUT2D eigenvalue weighted by molar-refractivity contribution is 5.86. The van der Waals surface area contributed by atoms with E-state index in [0.717, 1.165) is 45.3 Å². The molecule has 1 unspecified atom stereocenters. The van der Waals surface area contributed by atoms with Crippen molar-refractivity contribution in [1.29, 1.82) is 0 Å². The zero-order valence-electron chi connectivity index (χ0n) is 15.6. The van der Waals surface area contributed by atoms with E-state index in [9.17, 15) is 9.59 Å². The van der Waals surface area contributed by atoms with Crippen LogP contribution in [0.4, 0.5) is 0 Å². The summed E-state index contributed by atoms with van der Waals surface area (Å²) in [5.74, 6) is 0.539. The topological polar surface area (TPSA) is 58.4 Å². The van der Waals surface area contributed by atoms with Crippen LogP contribution in [0, 0.1) is 5.41 Å². The van der Waals surface area contributed by atoms with Crippen molar-refractivity contribution in [2.24, 2.45) is 5.41 Å². The van der Waals surface area contributed by atoms with E-state index in [1.807, 2.05) is 15.7 Å². The first-order chi connectivity index (χ1) is 12.7. The fraction of sp³-hybridized carbons (Fsp3) is 0.750. The highest BCUT2D eigenvalue weighted by Crippen LogP contribution is 2.42. The summed E-state index contributed by atoms with van der Waals surface area (Å²) in [5, 5.41) is 0. The van der Waals surface area contributed by atoms with Gasteiger partial charge in [-0.05, 0) is 38.5 Å². The molecule has 2 aliphatic heterocycles. The number of aryl methyl sites for hydroxylation is 1. The Morgan fingerprint density at radius 3 is 2.81 bits per heavy atom. The van der Waals surface area contributed by atoms with Crippen molar-refractivity contribution in [3.8, 4) is 0 Å². The molecule has 0 radical (unpaired) electrons. The minimum atomic E-state index is -0.291. The highest BCUT2D eigenvalue weighted by atomic mass is 16.2. The van der Waals surface area contributed by atoms with Gasteiger partial charge in [0.1, 0.15) is 0 Å². The van der Waals surface area contributed by atoms with E-state index in [4.69, 9.17) is 0 Å². The molecule has 1 aromatic heterocycles. The number of carbonyl (C=O) groups is 2. The number of rotatable bonds is 5. The Morgan fingerprint density at radius 2 is 2.04 bits per heavy atom. The first-order valence-corrected chi connectivity index (χ1v) is 10.2. The number of likely N-dealkylation sites (tertiary alicyclic amines) is 2. The molecule has 2 amide bonds. The third-order valence-electron chi connectivity index (χ3n) is 6.61. The Balaban J connectivity index is 1.32. The van der Waals surface area contributed by atoms with Crippen molar-refractivity contribution < 1.29 is 9.59 Å². The molecule has 1 spiro atoms. The molecule has 2 saturated heterocycles. The average molecular weight is 358 g/mol. The van der Waals surface area contributed by atoms with E-state index in [-0.39, 0.29) is 11.3 Å². The Hall–Kier alpha value is -1.85. The predicted molar refractivity (Wildman–Crippen MR) is 98.3 cm³/mol. The first-order valence-electron chi connectivity index (χ1n) is 10.2. The van der Waals surface area contributed by atoms with Crippen molar-refractivity contribution >= 4 is 11.8 Å². The molecule has 1 aromatic rings. The summed E-state index contributed by atoms with van der Waals surface area (Å²) in [5.41, 5.74) is -0.291. The molecule has 1 atom stereocenters. The van der Waals surface area contributed by atoms with Gasteiger partial charge in [0.05, 0.1) is 11.7 Å². The Morgan fingerprint density at radius 1 is 1.19 bits per heavy atom. The van der Waals surface area contributed by atoms with E-state index >= 15 is 0 Å². The number of hydrogen-bond donors (Lipinski definition) is 0. The average Bonchev–Trinajstić information content (AvgIpc) is 3.39. The molecular weight excluding hydrogens is 328 g/mol. The normalized spacial score (nSPS) is 27.0. The SMILES string of the molecule is O=C(CCCn1ccnc1)N1CCC2(CCCN(C3CCCC3)C2=O)C1. The lowest BCUT2D eigenvalue weighted by atomic mass is 9.77. The summed E-state index contributed by atoms with van der Waals surface area (Å²) in [6.07, 6.45) is 14.6. The minimum absolute atomic E-state index is 0.202. The molecule has 26 heavy (non-hydrogen) atoms. The lowest BCUT2D eigenvalue weighted by Crippen LogP contribution is -2.53. The van der Waals surface area contributed by atoms with E-state index < -0.39 is 0 Å². The van der Waals surface area contributed by atoms with Gasteiger partial charge in [-0.1, -0.05) is 12.8 Å². The van der Waals surface area contributed by atoms with Crippen LogP contribution in [-0.2, 0) is 16.1 Å². The van der Waals surface area contributed by atoms with Crippen molar-refractivity contribution in [2.75, 3.05) is 19.6 Å². The van der Waals surface area contributed by atoms with Gasteiger partial charge >= 0.3 is 0 Å². The molecule has 3 heterocycles. The van der Waals surface area contributed by atoms with E-state index in [2.05, 4.69) is 9.88 Å². The van der Waals surface area contributed by atoms with Gasteiger partial charge in [0.25, 0.3) is 0 Å². The van der Waals surface area contributed by atoms with Crippen molar-refractivity contribution in [3.63, 3.8) is 0 Å². The third-order valence-corrected chi connectivity index (χ3v) is 6.61. The van der Waals surface area contributed by atoms with Crippen LogP contribution in [0.3, 0.4) is 0 Å². The Labute approximate surface area is 155 Å². The highest BCUT2D eigenvalue weighted by Gasteiger charge is 2.50. The van der Waals surface area contributed by atoms with Gasteiger partial charge in [-0.25, -0.2) is 4.98 Å². The van der Waals surface area contributed by atoms with Gasteiger partial charge in [0.2, 0.25) is 11.8 Å². The van der Waals surface area contributed by atoms with E-state index in [0.29, 0.717) is 24.9 Å². The fourth-order valence-electron chi connectivity index (χ4n) is 5.12. The summed E-state index contributed by atoms with van der Waals surface area (Å²) in [7, 11) is 0. The number of aromatic nitrogens is 2. The number of carbonyl (C=O) groups excluding carboxylic acids is 2. The summed E-state index contributed by atoms with van der Waals surface area (Å²) in [6, 6.07) is 0.458. The van der Waals surface area contributed by atoms with Gasteiger partial charge in [-0.3, -0.25) is 9.59 Å². The number of amides is 2. The van der Waals surface area contributed by atoms with Gasteiger partial charge < -0.3 is 14.4 Å². The largest absolute Gasteiger partial charge is 0.342 e. The van der Waals surface area contributed by atoms with Crippen molar-refractivity contribution in [3.05, 3.63) is 18.7 Å². The van der Waals surface area contributed by atoms with Crippen LogP contribution in [0.2, 0.25) is 0 Å². The van der Waals surface area contributed by atoms with E-state index in [1.165, 1.54) is 25.7 Å². The quantitative estimate of drug-likeness (QED) is 0.812. The maximum atomic E-state index is 13.3. The Bertz CT molecular complexity index is 638. The lowest BCUT2D eigenvalue weighted by Gasteiger charge is -2.42. The second-order valence-electron chi connectivity index (χ2n) is 8.29. The van der Waals surface area contributed by atoms with Crippen LogP contribution in [0.5, 0.6) is 0 Å². The first kappa shape index (κ1) is 17.6. The molecule has 6 nitrogen and oxygen atoms in total. The molecule has 3 fully saturated rings. The second kappa shape index (κ2) is 7.41. The van der Waals surface area contributed by atoms with Crippen LogP contribution in [-0.4, -0.2) is 56.8 Å². The van der Waals surface area contributed by atoms with Gasteiger partial charge in [-0.2, -0.15) is 0 Å².